The molecule has 1 N–H and O–H groups in total. The quantitative estimate of drug-likeness (QED) is 0.795. The summed E-state index contributed by atoms with van der Waals surface area (Å²) in [5.41, 5.74) is 3.96. The lowest BCUT2D eigenvalue weighted by Crippen LogP contribution is -1.98. The second kappa shape index (κ2) is 5.26. The van der Waals surface area contributed by atoms with Gasteiger partial charge in [0.15, 0.2) is 5.13 Å². The van der Waals surface area contributed by atoms with Crippen LogP contribution < -0.4 is 5.32 Å². The summed E-state index contributed by atoms with van der Waals surface area (Å²) in [4.78, 5) is 4.51. The summed E-state index contributed by atoms with van der Waals surface area (Å²) >= 11 is 7.61. The highest BCUT2D eigenvalue weighted by molar-refractivity contribution is 7.14. The molecule has 0 aliphatic carbocycles. The van der Waals surface area contributed by atoms with Crippen LogP contribution in [0.2, 0.25) is 5.02 Å². The van der Waals surface area contributed by atoms with Crippen LogP contribution in [0.4, 0.5) is 5.13 Å². The number of aromatic nitrogens is 3. The average molecular weight is 305 g/mol. The molecule has 4 nitrogen and oxygen atoms in total. The van der Waals surface area contributed by atoms with Gasteiger partial charge < -0.3 is 5.32 Å². The van der Waals surface area contributed by atoms with Crippen molar-refractivity contribution >= 4 is 28.1 Å². The van der Waals surface area contributed by atoms with E-state index >= 15 is 0 Å². The Bertz CT molecular complexity index is 747. The minimum absolute atomic E-state index is 0.699. The van der Waals surface area contributed by atoms with Crippen LogP contribution in [0.1, 0.15) is 5.69 Å². The van der Waals surface area contributed by atoms with Crippen LogP contribution in [0.15, 0.2) is 35.8 Å². The van der Waals surface area contributed by atoms with Crippen LogP contribution >= 0.6 is 22.9 Å². The summed E-state index contributed by atoms with van der Waals surface area (Å²) in [6.45, 7) is 2.03. The first kappa shape index (κ1) is 13.1. The molecule has 2 heterocycles. The van der Waals surface area contributed by atoms with E-state index in [1.54, 1.807) is 11.3 Å². The summed E-state index contributed by atoms with van der Waals surface area (Å²) in [6.07, 6.45) is 1.84. The number of anilines is 1. The van der Waals surface area contributed by atoms with Gasteiger partial charge in [-0.2, -0.15) is 5.10 Å². The van der Waals surface area contributed by atoms with Crippen molar-refractivity contribution in [3.63, 3.8) is 0 Å². The number of halogens is 1. The number of thiazole rings is 1. The molecule has 0 bridgehead atoms. The molecule has 2 aromatic heterocycles. The molecule has 1 aromatic carbocycles. The molecule has 6 heteroatoms. The Kier molecular flexibility index (Phi) is 3.46. The van der Waals surface area contributed by atoms with Gasteiger partial charge in [0, 0.05) is 23.0 Å². The molecule has 0 atom stereocenters. The van der Waals surface area contributed by atoms with E-state index in [4.69, 9.17) is 11.6 Å². The van der Waals surface area contributed by atoms with Crippen LogP contribution in [-0.2, 0) is 0 Å². The first-order valence-electron chi connectivity index (χ1n) is 6.13. The van der Waals surface area contributed by atoms with E-state index < -0.39 is 0 Å². The van der Waals surface area contributed by atoms with Crippen molar-refractivity contribution in [3.8, 4) is 16.9 Å². The maximum atomic E-state index is 6.03. The van der Waals surface area contributed by atoms with E-state index in [1.165, 1.54) is 0 Å². The lowest BCUT2D eigenvalue weighted by Gasteiger charge is -2.05. The number of benzene rings is 1. The van der Waals surface area contributed by atoms with E-state index in [1.807, 2.05) is 54.5 Å². The minimum atomic E-state index is 0.699. The average Bonchev–Trinajstić information content (AvgIpc) is 3.04. The first-order valence-corrected chi connectivity index (χ1v) is 7.39. The van der Waals surface area contributed by atoms with Crippen molar-refractivity contribution in [2.75, 3.05) is 12.4 Å². The summed E-state index contributed by atoms with van der Waals surface area (Å²) in [5.74, 6) is 0. The molecular formula is C14H13ClN4S. The van der Waals surface area contributed by atoms with Crippen LogP contribution in [0.3, 0.4) is 0 Å². The monoisotopic (exact) mass is 304 g/mol. The third kappa shape index (κ3) is 2.30. The zero-order chi connectivity index (χ0) is 14.1. The molecule has 0 radical (unpaired) electrons. The number of hydrogen-bond donors (Lipinski definition) is 1. The second-order valence-electron chi connectivity index (χ2n) is 4.32. The second-order valence-corrected chi connectivity index (χ2v) is 5.62. The molecule has 20 heavy (non-hydrogen) atoms. The highest BCUT2D eigenvalue weighted by Crippen LogP contribution is 2.28. The Balaban J connectivity index is 2.04. The largest absolute Gasteiger partial charge is 0.365 e. The molecule has 0 aliphatic rings. The molecule has 0 saturated heterocycles. The van der Waals surface area contributed by atoms with E-state index in [0.29, 0.717) is 5.02 Å². The van der Waals surface area contributed by atoms with Crippen molar-refractivity contribution in [2.45, 2.75) is 6.92 Å². The highest BCUT2D eigenvalue weighted by Gasteiger charge is 2.12. The fraction of sp³-hybridized carbons (Fsp3) is 0.143. The lowest BCUT2D eigenvalue weighted by molar-refractivity contribution is 0.847. The zero-order valence-electron chi connectivity index (χ0n) is 11.1. The molecule has 0 aliphatic heterocycles. The SMILES string of the molecule is CNc1nc(-c2cnn(-c3cccc(Cl)c3)c2C)cs1. The van der Waals surface area contributed by atoms with Crippen LogP contribution in [-0.4, -0.2) is 21.8 Å². The number of hydrogen-bond acceptors (Lipinski definition) is 4. The maximum Gasteiger partial charge on any atom is 0.182 e. The van der Waals surface area contributed by atoms with Gasteiger partial charge in [0.1, 0.15) is 0 Å². The summed E-state index contributed by atoms with van der Waals surface area (Å²) in [7, 11) is 1.87. The Hall–Kier alpha value is -1.85. The minimum Gasteiger partial charge on any atom is -0.365 e. The number of nitrogens with zero attached hydrogens (tertiary/aromatic N) is 3. The molecule has 0 unspecified atom stereocenters. The van der Waals surface area contributed by atoms with Crippen molar-refractivity contribution in [2.24, 2.45) is 0 Å². The zero-order valence-corrected chi connectivity index (χ0v) is 12.7. The van der Waals surface area contributed by atoms with Gasteiger partial charge >= 0.3 is 0 Å². The van der Waals surface area contributed by atoms with Gasteiger partial charge in [-0.1, -0.05) is 17.7 Å². The summed E-state index contributed by atoms with van der Waals surface area (Å²) < 4.78 is 1.87. The van der Waals surface area contributed by atoms with Crippen LogP contribution in [0, 0.1) is 6.92 Å². The standard InChI is InChI=1S/C14H13ClN4S/c1-9-12(13-8-20-14(16-2)18-13)7-17-19(9)11-5-3-4-10(15)6-11/h3-8H,1-2H3,(H,16,18). The van der Waals surface area contributed by atoms with Gasteiger partial charge in [-0.15, -0.1) is 11.3 Å². The molecule has 0 amide bonds. The van der Waals surface area contributed by atoms with Gasteiger partial charge in [0.25, 0.3) is 0 Å². The molecule has 0 fully saturated rings. The fourth-order valence-electron chi connectivity index (χ4n) is 2.04. The Morgan fingerprint density at radius 2 is 2.20 bits per heavy atom. The van der Waals surface area contributed by atoms with Crippen LogP contribution in [0.25, 0.3) is 16.9 Å². The summed E-state index contributed by atoms with van der Waals surface area (Å²) in [5, 5.41) is 11.1. The Labute approximate surface area is 126 Å². The third-order valence-electron chi connectivity index (χ3n) is 3.06. The Morgan fingerprint density at radius 3 is 2.90 bits per heavy atom. The predicted octanol–water partition coefficient (Wildman–Crippen LogP) is 4.00. The summed E-state index contributed by atoms with van der Waals surface area (Å²) in [6, 6.07) is 7.64. The lowest BCUT2D eigenvalue weighted by atomic mass is 10.2. The molecule has 0 spiro atoms. The van der Waals surface area contributed by atoms with E-state index in [-0.39, 0.29) is 0 Å². The molecule has 3 rings (SSSR count). The number of rotatable bonds is 3. The van der Waals surface area contributed by atoms with Gasteiger partial charge in [-0.25, -0.2) is 9.67 Å². The van der Waals surface area contributed by atoms with Gasteiger partial charge in [0.05, 0.1) is 23.3 Å². The topological polar surface area (TPSA) is 42.7 Å². The van der Waals surface area contributed by atoms with E-state index in [0.717, 1.165) is 27.8 Å². The Morgan fingerprint density at radius 1 is 1.35 bits per heavy atom. The smallest absolute Gasteiger partial charge is 0.182 e. The van der Waals surface area contributed by atoms with Gasteiger partial charge in [0.2, 0.25) is 0 Å². The molecule has 3 aromatic rings. The maximum absolute atomic E-state index is 6.03. The van der Waals surface area contributed by atoms with Crippen molar-refractivity contribution in [1.29, 1.82) is 0 Å². The highest BCUT2D eigenvalue weighted by atomic mass is 35.5. The van der Waals surface area contributed by atoms with Crippen molar-refractivity contribution in [3.05, 3.63) is 46.6 Å². The number of nitrogens with one attached hydrogen (secondary N) is 1. The molecule has 102 valence electrons. The van der Waals surface area contributed by atoms with Crippen molar-refractivity contribution < 1.29 is 0 Å². The van der Waals surface area contributed by atoms with Gasteiger partial charge in [-0.05, 0) is 25.1 Å². The third-order valence-corrected chi connectivity index (χ3v) is 4.15. The molecule has 0 saturated carbocycles. The fourth-order valence-corrected chi connectivity index (χ4v) is 2.90. The predicted molar refractivity (Wildman–Crippen MR) is 84.0 cm³/mol. The van der Waals surface area contributed by atoms with Crippen LogP contribution in [0.5, 0.6) is 0 Å². The first-order chi connectivity index (χ1) is 9.69. The van der Waals surface area contributed by atoms with Crippen molar-refractivity contribution in [1.82, 2.24) is 14.8 Å². The van der Waals surface area contributed by atoms with E-state index in [2.05, 4.69) is 15.4 Å². The normalized spacial score (nSPS) is 10.8. The van der Waals surface area contributed by atoms with Gasteiger partial charge in [-0.3, -0.25) is 0 Å². The van der Waals surface area contributed by atoms with E-state index in [9.17, 15) is 0 Å². The molecular weight excluding hydrogens is 292 g/mol.